The Morgan fingerprint density at radius 2 is 1.43 bits per heavy atom. The van der Waals surface area contributed by atoms with Gasteiger partial charge in [0.25, 0.3) is 17.0 Å². The number of amides is 1. The molecule has 9 aromatic rings. The number of carbonyl (C=O) groups is 1. The Balaban J connectivity index is 0.913. The second-order valence-corrected chi connectivity index (χ2v) is 18.8. The van der Waals surface area contributed by atoms with Gasteiger partial charge >= 0.3 is 0 Å². The molecule has 1 aliphatic heterocycles. The molecule has 0 spiro atoms. The lowest BCUT2D eigenvalue weighted by Gasteiger charge is -2.35. The summed E-state index contributed by atoms with van der Waals surface area (Å²) in [6.07, 6.45) is 19.5. The lowest BCUT2D eigenvalue weighted by atomic mass is 9.67. The molecule has 11 nitrogen and oxygen atoms in total. The van der Waals surface area contributed by atoms with E-state index >= 15 is 0 Å². The fraction of sp³-hybridized carbons (Fsp3) is 0.123. The lowest BCUT2D eigenvalue weighted by molar-refractivity contribution is -0.116. The van der Waals surface area contributed by atoms with E-state index in [0.717, 1.165) is 50.8 Å². The maximum Gasteiger partial charge on any atom is 0.266 e. The van der Waals surface area contributed by atoms with Crippen LogP contribution in [0.4, 0.5) is 0 Å². The van der Waals surface area contributed by atoms with Crippen LogP contribution in [0.25, 0.3) is 60.8 Å². The minimum absolute atomic E-state index is 0.111. The molecular weight excluding hydrogens is 953 g/mol. The van der Waals surface area contributed by atoms with Crippen molar-refractivity contribution in [3.8, 4) is 53.4 Å². The first-order valence-electron chi connectivity index (χ1n) is 24.7. The van der Waals surface area contributed by atoms with Crippen LogP contribution in [0.2, 0.25) is 0 Å². The van der Waals surface area contributed by atoms with E-state index in [2.05, 4.69) is 53.6 Å². The second-order valence-electron chi connectivity index (χ2n) is 18.8. The molecule has 0 bridgehead atoms. The molecular formula is C65H46N2O9. The number of allylic oxidation sites excluding steroid dienone is 7. The smallest absolute Gasteiger partial charge is 0.266 e. The number of ether oxygens (including phenoxy) is 4. The van der Waals surface area contributed by atoms with Crippen molar-refractivity contribution in [1.82, 2.24) is 9.88 Å². The highest BCUT2D eigenvalue weighted by molar-refractivity contribution is 6.00. The van der Waals surface area contributed by atoms with E-state index in [9.17, 15) is 14.4 Å². The van der Waals surface area contributed by atoms with Crippen LogP contribution < -0.4 is 35.4 Å². The van der Waals surface area contributed by atoms with Crippen molar-refractivity contribution in [3.63, 3.8) is 0 Å². The molecule has 76 heavy (non-hydrogen) atoms. The van der Waals surface area contributed by atoms with Gasteiger partial charge in [-0.1, -0.05) is 78.6 Å². The van der Waals surface area contributed by atoms with Crippen molar-refractivity contribution < 1.29 is 32.6 Å². The largest absolute Gasteiger partial charge is 0.481 e. The molecule has 2 aliphatic carbocycles. The summed E-state index contributed by atoms with van der Waals surface area (Å²) in [4.78, 5) is 42.3. The number of benzene rings is 7. The Kier molecular flexibility index (Phi) is 11.5. The van der Waals surface area contributed by atoms with Crippen molar-refractivity contribution in [2.75, 3.05) is 13.2 Å². The molecule has 1 unspecified atom stereocenters. The minimum atomic E-state index is -0.863. The molecule has 0 saturated heterocycles. The fourth-order valence-corrected chi connectivity index (χ4v) is 10.9. The molecule has 3 heterocycles. The van der Waals surface area contributed by atoms with Crippen LogP contribution in [0.1, 0.15) is 60.6 Å². The molecule has 3 aliphatic rings. The van der Waals surface area contributed by atoms with Crippen molar-refractivity contribution >= 4 is 61.1 Å². The Hall–Kier alpha value is -9.97. The van der Waals surface area contributed by atoms with E-state index in [1.54, 1.807) is 50.3 Å². The average Bonchev–Trinajstić information content (AvgIpc) is 4.17. The number of nitrogens with one attached hydrogen (secondary N) is 1. The number of aromatic nitrogens is 1. The van der Waals surface area contributed by atoms with Crippen molar-refractivity contribution in [2.24, 2.45) is 0 Å². The normalized spacial score (nSPS) is 15.8. The Morgan fingerprint density at radius 1 is 0.737 bits per heavy atom. The van der Waals surface area contributed by atoms with Gasteiger partial charge in [-0.05, 0) is 163 Å². The van der Waals surface area contributed by atoms with Crippen molar-refractivity contribution in [1.29, 1.82) is 0 Å². The molecule has 1 N–H and O–H groups in total. The summed E-state index contributed by atoms with van der Waals surface area (Å²) in [5.74, 6) is 7.74. The standard InChI is InChI=1S/C65H46N2O9/c1-7-28-71-43-22-24-45(37(4)30-43)53(9-3)66-62(68)38(5)31-57-39(6)73-55-26-20-41(33-58(55)75-57)65(51-17-11-10-15-47(51)48-16-13-18-52(48)65)42-21-27-56-59(34-42)76-61-36-50-49(35-60(61)74-56)63(69)67(64(50)70)54-19-12-14-40-32-44(72-29-8-2)23-25-46(40)54/h1-2,9-15,17-27,30-36H,16,28-29H2,3-6H3,(H,66,68)/b38-31+,53-9+. The minimum Gasteiger partial charge on any atom is -0.481 e. The first kappa shape index (κ1) is 47.1. The molecule has 1 atom stereocenters. The first-order valence-corrected chi connectivity index (χ1v) is 24.7. The Labute approximate surface area is 436 Å². The summed E-state index contributed by atoms with van der Waals surface area (Å²) < 4.78 is 38.7. The molecule has 0 saturated carbocycles. The van der Waals surface area contributed by atoms with E-state index in [-0.39, 0.29) is 29.9 Å². The molecule has 0 fully saturated rings. The average molecular weight is 999 g/mol. The Bertz CT molecular complexity index is 4390. The fourth-order valence-electron chi connectivity index (χ4n) is 10.9. The van der Waals surface area contributed by atoms with Gasteiger partial charge in [0, 0.05) is 22.2 Å². The summed E-state index contributed by atoms with van der Waals surface area (Å²) in [5, 5.41) is 4.94. The topological polar surface area (TPSA) is 131 Å². The van der Waals surface area contributed by atoms with Gasteiger partial charge in [-0.2, -0.15) is 0 Å². The number of nitrogens with zero attached hydrogens (tertiary/aromatic N) is 1. The predicted molar refractivity (Wildman–Crippen MR) is 296 cm³/mol. The van der Waals surface area contributed by atoms with Crippen molar-refractivity contribution in [2.45, 2.75) is 39.5 Å². The monoisotopic (exact) mass is 998 g/mol. The summed E-state index contributed by atoms with van der Waals surface area (Å²) in [6, 6.07) is 39.9. The number of fused-ring (bicyclic) bond motifs is 7. The summed E-state index contributed by atoms with van der Waals surface area (Å²) in [7, 11) is 0. The SMILES string of the molecule is C#CCOc1ccc(/C(=C\C)NC(=O)/C(C)=C/C2=C(C)Oc3ccc(C4(c5ccc6oc7cc8c(=O)n(-c9cccc%10cc(OCC#C)ccc9%10)c(=O)c8cc7oc6c5)C5=C(CC=C5)c5ccccc54)cc3O2)c(C)c1. The highest BCUT2D eigenvalue weighted by Crippen LogP contribution is 2.59. The summed E-state index contributed by atoms with van der Waals surface area (Å²) in [5.41, 5.74) is 9.23. The third-order valence-corrected chi connectivity index (χ3v) is 14.4. The molecule has 2 aromatic heterocycles. The molecule has 370 valence electrons. The second kappa shape index (κ2) is 18.5. The van der Waals surface area contributed by atoms with E-state index in [4.69, 9.17) is 40.6 Å². The molecule has 0 radical (unpaired) electrons. The summed E-state index contributed by atoms with van der Waals surface area (Å²) >= 11 is 0. The number of carbonyl (C=O) groups excluding carboxylic acids is 1. The van der Waals surface area contributed by atoms with Gasteiger partial charge in [-0.3, -0.25) is 14.4 Å². The molecule has 12 rings (SSSR count). The zero-order valence-electron chi connectivity index (χ0n) is 41.8. The lowest BCUT2D eigenvalue weighted by Crippen LogP contribution is -2.29. The van der Waals surface area contributed by atoms with Gasteiger partial charge in [0.05, 0.1) is 21.9 Å². The van der Waals surface area contributed by atoms with Gasteiger partial charge in [0.2, 0.25) is 0 Å². The van der Waals surface area contributed by atoms with Crippen LogP contribution in [-0.2, 0) is 10.2 Å². The summed E-state index contributed by atoms with van der Waals surface area (Å²) in [6.45, 7) is 7.62. The molecule has 1 amide bonds. The van der Waals surface area contributed by atoms with E-state index in [1.165, 1.54) is 10.1 Å². The number of hydrogen-bond donors (Lipinski definition) is 1. The zero-order valence-corrected chi connectivity index (χ0v) is 41.8. The van der Waals surface area contributed by atoms with E-state index in [0.29, 0.717) is 79.2 Å². The van der Waals surface area contributed by atoms with Crippen LogP contribution in [0.3, 0.4) is 0 Å². The number of hydrogen-bond acceptors (Lipinski definition) is 9. The Morgan fingerprint density at radius 3 is 2.18 bits per heavy atom. The highest BCUT2D eigenvalue weighted by atomic mass is 16.6. The van der Waals surface area contributed by atoms with Crippen LogP contribution >= 0.6 is 0 Å². The quantitative estimate of drug-likeness (QED) is 0.0764. The highest BCUT2D eigenvalue weighted by Gasteiger charge is 2.48. The third kappa shape index (κ3) is 7.59. The van der Waals surface area contributed by atoms with Gasteiger partial charge < -0.3 is 33.1 Å². The van der Waals surface area contributed by atoms with Crippen LogP contribution in [0.15, 0.2) is 193 Å². The van der Waals surface area contributed by atoms with Crippen molar-refractivity contribution in [3.05, 3.63) is 228 Å². The van der Waals surface area contributed by atoms with E-state index < -0.39 is 16.5 Å². The number of rotatable bonds is 11. The van der Waals surface area contributed by atoms with Gasteiger partial charge in [0.15, 0.2) is 39.6 Å². The van der Waals surface area contributed by atoms with Gasteiger partial charge in [-0.25, -0.2) is 4.57 Å². The first-order chi connectivity index (χ1) is 37.0. The number of aryl methyl sites for hydroxylation is 1. The maximum absolute atomic E-state index is 14.3. The van der Waals surface area contributed by atoms with Gasteiger partial charge in [-0.15, -0.1) is 12.8 Å². The predicted octanol–water partition coefficient (Wildman–Crippen LogP) is 12.5. The number of terminal acetylenes is 2. The molecule has 11 heteroatoms. The third-order valence-electron chi connectivity index (χ3n) is 14.4. The van der Waals surface area contributed by atoms with E-state index in [1.807, 2.05) is 92.7 Å². The van der Waals surface area contributed by atoms with Crippen LogP contribution in [0, 0.1) is 31.6 Å². The van der Waals surface area contributed by atoms with Gasteiger partial charge in [0.1, 0.15) is 30.5 Å². The molecule has 7 aromatic carbocycles. The van der Waals surface area contributed by atoms with Crippen LogP contribution in [0.5, 0.6) is 23.0 Å². The maximum atomic E-state index is 14.3. The zero-order chi connectivity index (χ0) is 52.4. The van der Waals surface area contributed by atoms with Crippen LogP contribution in [-0.4, -0.2) is 23.7 Å².